The van der Waals surface area contributed by atoms with E-state index in [4.69, 9.17) is 4.74 Å². The minimum Gasteiger partial charge on any atom is -0.378 e. The van der Waals surface area contributed by atoms with E-state index in [1.807, 2.05) is 0 Å². The monoisotopic (exact) mass is 368 g/mol. The Bertz CT molecular complexity index is 723. The van der Waals surface area contributed by atoms with Gasteiger partial charge in [-0.25, -0.2) is 0 Å². The first-order valence-electron chi connectivity index (χ1n) is 8.42. The summed E-state index contributed by atoms with van der Waals surface area (Å²) in [6, 6.07) is 16.5. The molecule has 0 radical (unpaired) electrons. The van der Waals surface area contributed by atoms with Crippen LogP contribution in [-0.2, 0) is 14.3 Å². The van der Waals surface area contributed by atoms with Gasteiger partial charge in [-0.05, 0) is 0 Å². The highest BCUT2D eigenvalue weighted by atomic mass is 16.5. The highest BCUT2D eigenvalue weighted by Gasteiger charge is 2.15. The molecule has 0 bridgehead atoms. The summed E-state index contributed by atoms with van der Waals surface area (Å²) in [4.78, 5) is 47.1. The minimum absolute atomic E-state index is 0.161. The first-order valence-corrected chi connectivity index (χ1v) is 8.42. The van der Waals surface area contributed by atoms with E-state index >= 15 is 0 Å². The van der Waals surface area contributed by atoms with Crippen LogP contribution in [0, 0.1) is 0 Å². The average molecular weight is 368 g/mol. The van der Waals surface area contributed by atoms with E-state index in [9.17, 15) is 19.2 Å². The van der Waals surface area contributed by atoms with Gasteiger partial charge in [0.1, 0.15) is 0 Å². The van der Waals surface area contributed by atoms with Gasteiger partial charge in [-0.1, -0.05) is 60.7 Å². The number of hydrogen-bond acceptors (Lipinski definition) is 5. The minimum atomic E-state index is -0.702. The first kappa shape index (κ1) is 20.0. The Hall–Kier alpha value is -3.32. The van der Waals surface area contributed by atoms with Crippen LogP contribution in [0.3, 0.4) is 0 Å². The van der Waals surface area contributed by atoms with E-state index in [2.05, 4.69) is 10.6 Å². The summed E-state index contributed by atoms with van der Waals surface area (Å²) in [6.45, 7) is 0.676. The van der Waals surface area contributed by atoms with Crippen LogP contribution in [0.1, 0.15) is 20.7 Å². The van der Waals surface area contributed by atoms with Crippen LogP contribution in [0.5, 0.6) is 0 Å². The summed E-state index contributed by atoms with van der Waals surface area (Å²) in [5.41, 5.74) is 0.642. The Balaban J connectivity index is 1.57. The summed E-state index contributed by atoms with van der Waals surface area (Å²) in [7, 11) is 0. The average Bonchev–Trinajstić information content (AvgIpc) is 2.72. The predicted molar refractivity (Wildman–Crippen MR) is 98.4 cm³/mol. The highest BCUT2D eigenvalue weighted by Crippen LogP contribution is 2.00. The molecular formula is C20H20N2O5. The van der Waals surface area contributed by atoms with Crippen molar-refractivity contribution in [2.75, 3.05) is 26.3 Å². The van der Waals surface area contributed by atoms with Crippen molar-refractivity contribution in [1.29, 1.82) is 0 Å². The van der Waals surface area contributed by atoms with Crippen LogP contribution < -0.4 is 10.6 Å². The largest absolute Gasteiger partial charge is 0.378 e. The second kappa shape index (κ2) is 10.6. The zero-order valence-electron chi connectivity index (χ0n) is 14.6. The fraction of sp³-hybridized carbons (Fsp3) is 0.200. The maximum atomic E-state index is 11.8. The lowest BCUT2D eigenvalue weighted by molar-refractivity contribution is -0.117. The third kappa shape index (κ3) is 6.48. The molecule has 140 valence electrons. The molecule has 0 aliphatic rings. The lowest BCUT2D eigenvalue weighted by atomic mass is 10.1. The number of amides is 2. The van der Waals surface area contributed by atoms with Gasteiger partial charge in [-0.2, -0.15) is 0 Å². The Morgan fingerprint density at radius 2 is 1.00 bits per heavy atom. The standard InChI is InChI=1S/C20H20N2O5/c23-17(15-7-3-1-4-8-15)19(25)21-11-13-27-14-12-22-20(26)18(24)16-9-5-2-6-10-16/h1-10H,11-14H2,(H,21,25)(H,22,26). The van der Waals surface area contributed by atoms with Crippen molar-refractivity contribution in [3.05, 3.63) is 71.8 Å². The molecule has 2 amide bonds. The Kier molecular flexibility index (Phi) is 7.87. The Labute approximate surface area is 156 Å². The van der Waals surface area contributed by atoms with E-state index in [-0.39, 0.29) is 26.3 Å². The van der Waals surface area contributed by atoms with Crippen molar-refractivity contribution in [3.8, 4) is 0 Å². The molecule has 2 N–H and O–H groups in total. The zero-order valence-corrected chi connectivity index (χ0v) is 14.6. The van der Waals surface area contributed by atoms with Gasteiger partial charge < -0.3 is 15.4 Å². The topological polar surface area (TPSA) is 102 Å². The number of carbonyl (C=O) groups is 4. The van der Waals surface area contributed by atoms with E-state index < -0.39 is 23.4 Å². The van der Waals surface area contributed by atoms with E-state index in [1.165, 1.54) is 0 Å². The molecule has 27 heavy (non-hydrogen) atoms. The van der Waals surface area contributed by atoms with Crippen LogP contribution in [0.4, 0.5) is 0 Å². The molecule has 0 aliphatic heterocycles. The lowest BCUT2D eigenvalue weighted by Crippen LogP contribution is -2.35. The molecule has 0 unspecified atom stereocenters. The fourth-order valence-corrected chi connectivity index (χ4v) is 2.18. The quantitative estimate of drug-likeness (QED) is 0.370. The molecule has 7 nitrogen and oxygen atoms in total. The van der Waals surface area contributed by atoms with Crippen LogP contribution >= 0.6 is 0 Å². The molecule has 0 aromatic heterocycles. The normalized spacial score (nSPS) is 10.1. The SMILES string of the molecule is O=C(NCCOCCNC(=O)C(=O)c1ccccc1)C(=O)c1ccccc1. The maximum absolute atomic E-state index is 11.8. The predicted octanol–water partition coefficient (Wildman–Crippen LogP) is 1.00. The van der Waals surface area contributed by atoms with E-state index in [0.717, 1.165) is 0 Å². The number of nitrogens with one attached hydrogen (secondary N) is 2. The van der Waals surface area contributed by atoms with Gasteiger partial charge in [0.2, 0.25) is 11.6 Å². The molecule has 2 aromatic rings. The van der Waals surface area contributed by atoms with Crippen molar-refractivity contribution in [2.24, 2.45) is 0 Å². The number of carbonyl (C=O) groups excluding carboxylic acids is 4. The fourth-order valence-electron chi connectivity index (χ4n) is 2.18. The molecule has 0 atom stereocenters. The summed E-state index contributed by atoms with van der Waals surface area (Å²) in [5, 5.41) is 4.93. The van der Waals surface area contributed by atoms with Gasteiger partial charge in [0.25, 0.3) is 11.8 Å². The van der Waals surface area contributed by atoms with Crippen molar-refractivity contribution in [1.82, 2.24) is 10.6 Å². The molecule has 0 heterocycles. The second-order valence-corrected chi connectivity index (χ2v) is 5.51. The van der Waals surface area contributed by atoms with Crippen molar-refractivity contribution in [3.63, 3.8) is 0 Å². The molecule has 0 fully saturated rings. The molecule has 0 saturated heterocycles. The number of rotatable bonds is 10. The number of Topliss-reactive ketones (excluding diaryl/α,β-unsaturated/α-hetero) is 2. The molecule has 7 heteroatoms. The first-order chi connectivity index (χ1) is 13.1. The Morgan fingerprint density at radius 3 is 1.37 bits per heavy atom. The van der Waals surface area contributed by atoms with Gasteiger partial charge in [0.15, 0.2) is 0 Å². The number of hydrogen-bond donors (Lipinski definition) is 2. The van der Waals surface area contributed by atoms with Crippen LogP contribution in [0.2, 0.25) is 0 Å². The summed E-state index contributed by atoms with van der Waals surface area (Å²) in [5.74, 6) is -2.62. The summed E-state index contributed by atoms with van der Waals surface area (Å²) < 4.78 is 5.25. The van der Waals surface area contributed by atoms with Crippen molar-refractivity contribution >= 4 is 23.4 Å². The third-order valence-electron chi connectivity index (χ3n) is 3.55. The lowest BCUT2D eigenvalue weighted by Gasteiger charge is -2.07. The summed E-state index contributed by atoms with van der Waals surface area (Å²) >= 11 is 0. The highest BCUT2D eigenvalue weighted by molar-refractivity contribution is 6.43. The summed E-state index contributed by atoms with van der Waals surface area (Å²) in [6.07, 6.45) is 0. The molecule has 0 spiro atoms. The molecular weight excluding hydrogens is 348 g/mol. The zero-order chi connectivity index (χ0) is 19.5. The Morgan fingerprint density at radius 1 is 0.630 bits per heavy atom. The van der Waals surface area contributed by atoms with E-state index in [1.54, 1.807) is 60.7 Å². The second-order valence-electron chi connectivity index (χ2n) is 5.51. The van der Waals surface area contributed by atoms with Gasteiger partial charge in [0, 0.05) is 24.2 Å². The van der Waals surface area contributed by atoms with Gasteiger partial charge in [-0.15, -0.1) is 0 Å². The number of ketones is 2. The van der Waals surface area contributed by atoms with Gasteiger partial charge >= 0.3 is 0 Å². The third-order valence-corrected chi connectivity index (χ3v) is 3.55. The van der Waals surface area contributed by atoms with Crippen molar-refractivity contribution < 1.29 is 23.9 Å². The number of ether oxygens (including phenoxy) is 1. The molecule has 0 aliphatic carbocycles. The molecule has 2 aromatic carbocycles. The van der Waals surface area contributed by atoms with Crippen molar-refractivity contribution in [2.45, 2.75) is 0 Å². The van der Waals surface area contributed by atoms with E-state index in [0.29, 0.717) is 11.1 Å². The number of benzene rings is 2. The molecule has 0 saturated carbocycles. The smallest absolute Gasteiger partial charge is 0.292 e. The van der Waals surface area contributed by atoms with Crippen LogP contribution in [0.25, 0.3) is 0 Å². The van der Waals surface area contributed by atoms with Crippen LogP contribution in [0.15, 0.2) is 60.7 Å². The van der Waals surface area contributed by atoms with Gasteiger partial charge in [0.05, 0.1) is 13.2 Å². The van der Waals surface area contributed by atoms with Gasteiger partial charge in [-0.3, -0.25) is 19.2 Å². The molecule has 2 rings (SSSR count). The maximum Gasteiger partial charge on any atom is 0.292 e. The van der Waals surface area contributed by atoms with Crippen LogP contribution in [-0.4, -0.2) is 49.7 Å².